The predicted octanol–water partition coefficient (Wildman–Crippen LogP) is 19.6. The number of fused-ring (bicyclic) bond motifs is 29. The van der Waals surface area contributed by atoms with Crippen LogP contribution in [0.5, 0.6) is 0 Å². The summed E-state index contributed by atoms with van der Waals surface area (Å²) in [4.78, 5) is 21.2. The maximum absolute atomic E-state index is 6.56. The third-order valence-electron chi connectivity index (χ3n) is 18.0. The number of aromatic nitrogens is 8. The average molecular weight is 1540 g/mol. The van der Waals surface area contributed by atoms with Crippen molar-refractivity contribution < 1.29 is 51.0 Å². The molecule has 16 bridgehead atoms. The Kier molecular flexibility index (Phi) is 13.6. The molecule has 10 nitrogen and oxygen atoms in total. The van der Waals surface area contributed by atoms with E-state index in [1.54, 1.807) is 0 Å². The minimum Gasteiger partial charge on any atom is -0.509 e. The fourth-order valence-corrected chi connectivity index (χ4v) is 13.4. The van der Waals surface area contributed by atoms with Crippen molar-refractivity contribution in [3.63, 3.8) is 0 Å². The van der Waals surface area contributed by atoms with E-state index >= 15 is 0 Å². The molecule has 8 aromatic carbocycles. The van der Waals surface area contributed by atoms with E-state index in [0.29, 0.717) is 22.3 Å². The fraction of sp³-hybridized carbons (Fsp3) is 0.139. The summed E-state index contributed by atoms with van der Waals surface area (Å²) in [5.74, 6) is 0. The summed E-state index contributed by atoms with van der Waals surface area (Å²) in [5.41, 5.74) is 21.2. The second-order valence-corrected chi connectivity index (χ2v) is 26.0. The molecule has 0 unspecified atom stereocenters. The Balaban J connectivity index is 0.000000149. The van der Waals surface area contributed by atoms with Gasteiger partial charge in [-0.3, -0.25) is 0 Å². The summed E-state index contributed by atoms with van der Waals surface area (Å²) in [6, 6.07) is 85.9. The van der Waals surface area contributed by atoms with Gasteiger partial charge in [-0.2, -0.15) is 24.3 Å². The maximum Gasteiger partial charge on any atom is 2.00 e. The summed E-state index contributed by atoms with van der Waals surface area (Å²) in [6.45, 7) is 18.0. The van der Waals surface area contributed by atoms with Crippen LogP contribution in [-0.2, 0) is 58.4 Å². The average Bonchev–Trinajstić information content (AvgIpc) is 0.825. The number of rotatable bonds is 0. The molecule has 0 saturated carbocycles. The van der Waals surface area contributed by atoms with Gasteiger partial charge in [-0.05, 0) is 122 Å². The second kappa shape index (κ2) is 21.3. The Labute approximate surface area is 552 Å². The van der Waals surface area contributed by atoms with Gasteiger partial charge in [0.15, 0.2) is 0 Å². The molecule has 0 fully saturated rings. The molecule has 0 spiro atoms. The molecule has 9 aromatic heterocycles. The molecule has 91 heavy (non-hydrogen) atoms. The SMILES string of the molecule is CC(C)(C)c1cc2nc(c1)n1c3[c-]c(ccc3c3ccccc31)oc1[c-]c3c(cc1)c1ccccc1n3c1cc(C(C)(C)C)cc2n1.CC1(C)c2ccccc2-n2c3cccc(n3)c3cccc(n3)n3c4[c-]c(ccc4c4ccccc43)oc3[c-]c2c1cc3.[Pt+2].[Pt+2]. The molecular formula is C79H58N8O2Pt2. The Morgan fingerprint density at radius 3 is 1.20 bits per heavy atom. The van der Waals surface area contributed by atoms with Crippen LogP contribution in [-0.4, -0.2) is 37.7 Å². The molecule has 0 saturated heterocycles. The van der Waals surface area contributed by atoms with Crippen LogP contribution in [0.4, 0.5) is 0 Å². The van der Waals surface area contributed by atoms with Gasteiger partial charge >= 0.3 is 42.1 Å². The van der Waals surface area contributed by atoms with Crippen molar-refractivity contribution in [3.05, 3.63) is 253 Å². The Morgan fingerprint density at radius 2 is 0.725 bits per heavy atom. The number of nitrogens with zero attached hydrogens (tertiary/aromatic N) is 8. The number of benzene rings is 8. The van der Waals surface area contributed by atoms with Crippen LogP contribution < -0.4 is 0 Å². The van der Waals surface area contributed by atoms with Gasteiger partial charge in [-0.15, -0.1) is 70.3 Å². The molecule has 1 aliphatic heterocycles. The van der Waals surface area contributed by atoms with Crippen molar-refractivity contribution in [3.8, 4) is 5.69 Å². The molecular weight excluding hydrogens is 1480 g/mol. The van der Waals surface area contributed by atoms with Crippen molar-refractivity contribution in [2.24, 2.45) is 0 Å². The van der Waals surface area contributed by atoms with E-state index in [0.717, 1.165) is 127 Å². The zero-order valence-electron chi connectivity index (χ0n) is 51.2. The molecule has 12 heteroatoms. The first-order chi connectivity index (χ1) is 43.1. The molecule has 0 aliphatic carbocycles. The number of pyridine rings is 4. The molecule has 18 rings (SSSR count). The largest absolute Gasteiger partial charge is 2.00 e. The van der Waals surface area contributed by atoms with Gasteiger partial charge in [0.2, 0.25) is 0 Å². The minimum absolute atomic E-state index is 0. The van der Waals surface area contributed by atoms with Crippen molar-refractivity contribution >= 4 is 138 Å². The molecule has 0 N–H and O–H groups in total. The van der Waals surface area contributed by atoms with Gasteiger partial charge in [-0.1, -0.05) is 162 Å². The third kappa shape index (κ3) is 9.35. The van der Waals surface area contributed by atoms with Crippen LogP contribution in [0.2, 0.25) is 0 Å². The van der Waals surface area contributed by atoms with E-state index in [1.165, 1.54) is 16.7 Å². The smallest absolute Gasteiger partial charge is 0.509 e. The van der Waals surface area contributed by atoms with E-state index in [2.05, 4.69) is 243 Å². The van der Waals surface area contributed by atoms with Crippen LogP contribution >= 0.6 is 0 Å². The summed E-state index contributed by atoms with van der Waals surface area (Å²) in [5, 5.41) is 6.70. The van der Waals surface area contributed by atoms with Gasteiger partial charge in [0, 0.05) is 44.6 Å². The molecule has 1 aliphatic rings. The topological polar surface area (TPSA) is 96.0 Å². The molecule has 446 valence electrons. The maximum atomic E-state index is 6.56. The van der Waals surface area contributed by atoms with Crippen molar-refractivity contribution in [1.82, 2.24) is 37.7 Å². The molecule has 0 radical (unpaired) electrons. The van der Waals surface area contributed by atoms with Crippen LogP contribution in [0, 0.1) is 24.3 Å². The van der Waals surface area contributed by atoms with Gasteiger partial charge in [0.25, 0.3) is 0 Å². The van der Waals surface area contributed by atoms with Crippen LogP contribution in [0.1, 0.15) is 77.6 Å². The van der Waals surface area contributed by atoms with Crippen LogP contribution in [0.15, 0.2) is 215 Å². The predicted molar refractivity (Wildman–Crippen MR) is 362 cm³/mol. The second-order valence-electron chi connectivity index (χ2n) is 26.0. The first kappa shape index (κ1) is 57.9. The molecule has 0 amide bonds. The quantitative estimate of drug-likeness (QED) is 0.140. The molecule has 10 heterocycles. The normalized spacial score (nSPS) is 13.0. The fourth-order valence-electron chi connectivity index (χ4n) is 13.4. The van der Waals surface area contributed by atoms with E-state index in [-0.39, 0.29) is 58.4 Å². The van der Waals surface area contributed by atoms with E-state index in [4.69, 9.17) is 28.8 Å². The van der Waals surface area contributed by atoms with Crippen LogP contribution in [0.25, 0.3) is 144 Å². The Hall–Kier alpha value is -9.46. The number of hydrogen-bond donors (Lipinski definition) is 0. The Bertz CT molecular complexity index is 5890. The summed E-state index contributed by atoms with van der Waals surface area (Å²) in [6.07, 6.45) is 0. The first-order valence-corrected chi connectivity index (χ1v) is 30.3. The number of para-hydroxylation sites is 4. The monoisotopic (exact) mass is 1540 g/mol. The van der Waals surface area contributed by atoms with Crippen molar-refractivity contribution in [2.45, 2.75) is 71.6 Å². The van der Waals surface area contributed by atoms with Gasteiger partial charge in [0.05, 0.1) is 22.1 Å². The van der Waals surface area contributed by atoms with Gasteiger partial charge < -0.3 is 26.6 Å². The van der Waals surface area contributed by atoms with Gasteiger partial charge in [0.1, 0.15) is 22.6 Å². The minimum atomic E-state index is -0.236. The third-order valence-corrected chi connectivity index (χ3v) is 18.0. The summed E-state index contributed by atoms with van der Waals surface area (Å²) in [7, 11) is 0. The van der Waals surface area contributed by atoms with E-state index in [9.17, 15) is 0 Å². The molecule has 17 aromatic rings. The van der Waals surface area contributed by atoms with Crippen molar-refractivity contribution in [2.75, 3.05) is 0 Å². The summed E-state index contributed by atoms with van der Waals surface area (Å²) >= 11 is 0. The zero-order chi connectivity index (χ0) is 60.2. The Morgan fingerprint density at radius 1 is 0.341 bits per heavy atom. The number of hydrogen-bond acceptors (Lipinski definition) is 6. The first-order valence-electron chi connectivity index (χ1n) is 30.3. The van der Waals surface area contributed by atoms with Gasteiger partial charge in [-0.25, -0.2) is 19.9 Å². The van der Waals surface area contributed by atoms with E-state index in [1.807, 2.05) is 60.7 Å². The standard InChI is InChI=1S/C42H34N4O.C37H24N4O.2Pt/c1-41(2,3)25-19-33-34-20-26(42(4,5)6)22-40(44-34)46-36-14-10-8-12-30(36)32-18-16-28(24-38(32)46)47-27-15-17-31-29-11-7-9-13-35(29)45(37(31)23-27)39(21-25)43-33;1-37(2)27-10-4-6-14-32(27)41-34-22-24(18-20-28(34)37)42-23-17-19-26-25-9-3-5-13-31(25)40(33(26)21-23)35-15-7-11-29(38-35)30-12-8-16-36(41)39-30;;/h7-22H,1-6H3;3-20H,1-2H3;;/q2*-2;2*+2. The van der Waals surface area contributed by atoms with Crippen LogP contribution in [0.3, 0.4) is 0 Å². The summed E-state index contributed by atoms with van der Waals surface area (Å²) < 4.78 is 21.8. The van der Waals surface area contributed by atoms with E-state index < -0.39 is 0 Å². The zero-order valence-corrected chi connectivity index (χ0v) is 55.7. The van der Waals surface area contributed by atoms with Crippen molar-refractivity contribution in [1.29, 1.82) is 0 Å². The molecule has 0 atom stereocenters.